The SMILES string of the molecule is COc1ccc(F)cc1C[NH+]1CC[NH+](CC(=O)N2c3ccccc3C[C@@H]2C)CC1. The minimum atomic E-state index is -0.227. The summed E-state index contributed by atoms with van der Waals surface area (Å²) in [7, 11) is 1.62. The number of carbonyl (C=O) groups excluding carboxylic acids is 1. The van der Waals surface area contributed by atoms with E-state index in [0.29, 0.717) is 6.54 Å². The summed E-state index contributed by atoms with van der Waals surface area (Å²) in [5, 5.41) is 0. The molecule has 2 aliphatic heterocycles. The zero-order valence-corrected chi connectivity index (χ0v) is 17.2. The normalized spacial score (nSPS) is 23.7. The molecule has 2 aromatic rings. The smallest absolute Gasteiger partial charge is 0.282 e. The molecule has 1 amide bonds. The second kappa shape index (κ2) is 8.51. The molecule has 29 heavy (non-hydrogen) atoms. The number of methoxy groups -OCH3 is 1. The number of quaternary nitrogens is 2. The third kappa shape index (κ3) is 4.28. The fraction of sp³-hybridized carbons (Fsp3) is 0.435. The molecular weight excluding hydrogens is 369 g/mol. The Balaban J connectivity index is 1.33. The highest BCUT2D eigenvalue weighted by atomic mass is 19.1. The molecule has 0 radical (unpaired) electrons. The second-order valence-corrected chi connectivity index (χ2v) is 8.26. The number of nitrogens with zero attached hydrogens (tertiary/aromatic N) is 1. The first kappa shape index (κ1) is 19.9. The van der Waals surface area contributed by atoms with Gasteiger partial charge in [-0.1, -0.05) is 18.2 Å². The van der Waals surface area contributed by atoms with Crippen molar-refractivity contribution in [3.63, 3.8) is 0 Å². The zero-order valence-electron chi connectivity index (χ0n) is 17.2. The summed E-state index contributed by atoms with van der Waals surface area (Å²) in [4.78, 5) is 17.7. The molecule has 4 rings (SSSR count). The first-order valence-electron chi connectivity index (χ1n) is 10.4. The molecule has 6 heteroatoms. The fourth-order valence-electron chi connectivity index (χ4n) is 4.71. The highest BCUT2D eigenvalue weighted by Crippen LogP contribution is 2.31. The Hall–Kier alpha value is -2.44. The number of fused-ring (bicyclic) bond motifs is 1. The average molecular weight is 400 g/mol. The summed E-state index contributed by atoms with van der Waals surface area (Å²) < 4.78 is 19.0. The van der Waals surface area contributed by atoms with E-state index in [4.69, 9.17) is 4.74 Å². The standard InChI is InChI=1S/C23H28FN3O2/c1-17-13-18-5-3-4-6-21(18)27(17)23(28)16-26-11-9-25(10-12-26)15-19-14-20(24)7-8-22(19)29-2/h3-8,14,17H,9-13,15-16H2,1-2H3/p+2/t17-/m0/s1. The molecule has 1 fully saturated rings. The monoisotopic (exact) mass is 399 g/mol. The Morgan fingerprint density at radius 3 is 2.62 bits per heavy atom. The Labute approximate surface area is 171 Å². The van der Waals surface area contributed by atoms with Gasteiger partial charge in [0.1, 0.15) is 44.3 Å². The summed E-state index contributed by atoms with van der Waals surface area (Å²) in [6.45, 7) is 7.24. The molecule has 1 atom stereocenters. The number of hydrogen-bond acceptors (Lipinski definition) is 2. The van der Waals surface area contributed by atoms with Crippen LogP contribution in [0, 0.1) is 5.82 Å². The van der Waals surface area contributed by atoms with Crippen LogP contribution in [0.1, 0.15) is 18.1 Å². The molecule has 2 aromatic carbocycles. The number of anilines is 1. The summed E-state index contributed by atoms with van der Waals surface area (Å²) in [5.41, 5.74) is 3.25. The van der Waals surface area contributed by atoms with Crippen molar-refractivity contribution in [1.29, 1.82) is 0 Å². The molecule has 154 valence electrons. The van der Waals surface area contributed by atoms with Gasteiger partial charge in [0.15, 0.2) is 6.54 Å². The Morgan fingerprint density at radius 2 is 1.86 bits per heavy atom. The molecule has 2 heterocycles. The number of carbonyl (C=O) groups is 1. The van der Waals surface area contributed by atoms with E-state index in [-0.39, 0.29) is 17.8 Å². The predicted molar refractivity (Wildman–Crippen MR) is 110 cm³/mol. The summed E-state index contributed by atoms with van der Waals surface area (Å²) in [6, 6.07) is 13.2. The van der Waals surface area contributed by atoms with Crippen LogP contribution in [0.3, 0.4) is 0 Å². The molecule has 2 aliphatic rings. The minimum Gasteiger partial charge on any atom is -0.496 e. The van der Waals surface area contributed by atoms with Gasteiger partial charge in [-0.3, -0.25) is 4.79 Å². The highest BCUT2D eigenvalue weighted by molar-refractivity contribution is 5.96. The van der Waals surface area contributed by atoms with Crippen LogP contribution in [0.25, 0.3) is 0 Å². The zero-order chi connectivity index (χ0) is 20.4. The van der Waals surface area contributed by atoms with Crippen LogP contribution in [0.15, 0.2) is 42.5 Å². The molecule has 0 aromatic heterocycles. The summed E-state index contributed by atoms with van der Waals surface area (Å²) in [5.74, 6) is 0.730. The van der Waals surface area contributed by atoms with Gasteiger partial charge in [0, 0.05) is 11.7 Å². The van der Waals surface area contributed by atoms with Gasteiger partial charge in [-0.2, -0.15) is 0 Å². The maximum Gasteiger partial charge on any atom is 0.282 e. The molecule has 0 unspecified atom stereocenters. The lowest BCUT2D eigenvalue weighted by molar-refractivity contribution is -1.02. The third-order valence-electron chi connectivity index (χ3n) is 6.22. The largest absolute Gasteiger partial charge is 0.496 e. The first-order valence-corrected chi connectivity index (χ1v) is 10.4. The van der Waals surface area contributed by atoms with Gasteiger partial charge < -0.3 is 19.4 Å². The number of halogens is 1. The van der Waals surface area contributed by atoms with E-state index in [0.717, 1.165) is 56.1 Å². The van der Waals surface area contributed by atoms with Gasteiger partial charge in [0.25, 0.3) is 5.91 Å². The van der Waals surface area contributed by atoms with Crippen molar-refractivity contribution in [2.75, 3.05) is 44.7 Å². The third-order valence-corrected chi connectivity index (χ3v) is 6.22. The van der Waals surface area contributed by atoms with Gasteiger partial charge in [-0.05, 0) is 43.2 Å². The van der Waals surface area contributed by atoms with E-state index < -0.39 is 0 Å². The van der Waals surface area contributed by atoms with Crippen LogP contribution in [0.2, 0.25) is 0 Å². The van der Waals surface area contributed by atoms with E-state index >= 15 is 0 Å². The van der Waals surface area contributed by atoms with Crippen LogP contribution in [0.4, 0.5) is 10.1 Å². The molecule has 0 spiro atoms. The number of benzene rings is 2. The van der Waals surface area contributed by atoms with Crippen LogP contribution >= 0.6 is 0 Å². The fourth-order valence-corrected chi connectivity index (χ4v) is 4.71. The Kier molecular flexibility index (Phi) is 5.83. The molecule has 0 bridgehead atoms. The van der Waals surface area contributed by atoms with Crippen molar-refractivity contribution in [1.82, 2.24) is 0 Å². The van der Waals surface area contributed by atoms with Crippen molar-refractivity contribution in [2.24, 2.45) is 0 Å². The Bertz CT molecular complexity index is 880. The Morgan fingerprint density at radius 1 is 1.14 bits per heavy atom. The summed E-state index contributed by atoms with van der Waals surface area (Å²) >= 11 is 0. The van der Waals surface area contributed by atoms with Gasteiger partial charge in [0.05, 0.1) is 12.7 Å². The van der Waals surface area contributed by atoms with Crippen molar-refractivity contribution in [2.45, 2.75) is 25.9 Å². The maximum atomic E-state index is 13.6. The topological polar surface area (TPSA) is 38.4 Å². The quantitative estimate of drug-likeness (QED) is 0.748. The number of amides is 1. The number of piperazine rings is 1. The number of ether oxygens (including phenoxy) is 1. The van der Waals surface area contributed by atoms with E-state index in [1.165, 1.54) is 21.4 Å². The molecule has 2 N–H and O–H groups in total. The minimum absolute atomic E-state index is 0.215. The van der Waals surface area contributed by atoms with Crippen molar-refractivity contribution in [3.05, 3.63) is 59.4 Å². The number of nitrogens with one attached hydrogen (secondary N) is 2. The number of para-hydroxylation sites is 1. The molecule has 0 saturated carbocycles. The second-order valence-electron chi connectivity index (χ2n) is 8.26. The molecule has 1 saturated heterocycles. The lowest BCUT2D eigenvalue weighted by Crippen LogP contribution is -3.28. The lowest BCUT2D eigenvalue weighted by Gasteiger charge is -2.31. The first-order chi connectivity index (χ1) is 14.0. The lowest BCUT2D eigenvalue weighted by atomic mass is 10.1. The van der Waals surface area contributed by atoms with Crippen molar-refractivity contribution in [3.8, 4) is 5.75 Å². The average Bonchev–Trinajstić information content (AvgIpc) is 3.05. The maximum absolute atomic E-state index is 13.6. The predicted octanol–water partition coefficient (Wildman–Crippen LogP) is 0.0955. The summed E-state index contributed by atoms with van der Waals surface area (Å²) in [6.07, 6.45) is 0.935. The number of hydrogen-bond donors (Lipinski definition) is 2. The van der Waals surface area contributed by atoms with Gasteiger partial charge >= 0.3 is 0 Å². The highest BCUT2D eigenvalue weighted by Gasteiger charge is 2.34. The van der Waals surface area contributed by atoms with Gasteiger partial charge in [0.2, 0.25) is 0 Å². The van der Waals surface area contributed by atoms with Crippen molar-refractivity contribution >= 4 is 11.6 Å². The number of rotatable bonds is 5. The van der Waals surface area contributed by atoms with Gasteiger partial charge in [-0.25, -0.2) is 4.39 Å². The van der Waals surface area contributed by atoms with E-state index in [1.807, 2.05) is 17.0 Å². The van der Waals surface area contributed by atoms with E-state index in [2.05, 4.69) is 19.1 Å². The van der Waals surface area contributed by atoms with Crippen LogP contribution in [-0.2, 0) is 17.8 Å². The van der Waals surface area contributed by atoms with Crippen LogP contribution in [0.5, 0.6) is 5.75 Å². The van der Waals surface area contributed by atoms with E-state index in [9.17, 15) is 9.18 Å². The van der Waals surface area contributed by atoms with E-state index in [1.54, 1.807) is 19.2 Å². The molecule has 0 aliphatic carbocycles. The van der Waals surface area contributed by atoms with Crippen LogP contribution in [-0.4, -0.2) is 51.8 Å². The van der Waals surface area contributed by atoms with Crippen LogP contribution < -0.4 is 19.4 Å². The molecule has 5 nitrogen and oxygen atoms in total. The van der Waals surface area contributed by atoms with Crippen molar-refractivity contribution < 1.29 is 23.7 Å². The van der Waals surface area contributed by atoms with Gasteiger partial charge in [-0.15, -0.1) is 0 Å². The molecular formula is C23H30FN3O2+2.